The first-order chi connectivity index (χ1) is 22.4. The number of rotatable bonds is 6. The highest BCUT2D eigenvalue weighted by atomic mass is 16.5. The normalized spacial score (nSPS) is 24.4. The Bertz CT molecular complexity index is 1840. The Morgan fingerprint density at radius 2 is 1.13 bits per heavy atom. The van der Waals surface area contributed by atoms with E-state index in [9.17, 15) is 9.59 Å². The summed E-state index contributed by atoms with van der Waals surface area (Å²) in [5, 5.41) is 0. The number of carbonyl (C=O) groups is 2. The van der Waals surface area contributed by atoms with E-state index in [-0.39, 0.29) is 0 Å². The Morgan fingerprint density at radius 1 is 0.674 bits per heavy atom. The molecule has 46 heavy (non-hydrogen) atoms. The van der Waals surface area contributed by atoms with Crippen LogP contribution in [0.5, 0.6) is 11.5 Å². The molecule has 10 nitrogen and oxygen atoms in total. The molecule has 4 aliphatic rings. The van der Waals surface area contributed by atoms with Crippen LogP contribution < -0.4 is 9.47 Å². The molecule has 0 radical (unpaired) electrons. The average Bonchev–Trinajstić information content (AvgIpc) is 3.37. The van der Waals surface area contributed by atoms with E-state index in [0.717, 1.165) is 47.4 Å². The lowest BCUT2D eigenvalue weighted by Crippen LogP contribution is -2.34. The van der Waals surface area contributed by atoms with E-state index in [2.05, 4.69) is 46.0 Å². The van der Waals surface area contributed by atoms with Crippen LogP contribution in [0.2, 0.25) is 0 Å². The highest BCUT2D eigenvalue weighted by Gasteiger charge is 2.35. The molecule has 0 amide bonds. The van der Waals surface area contributed by atoms with E-state index < -0.39 is 11.9 Å². The van der Waals surface area contributed by atoms with Crippen molar-refractivity contribution in [1.82, 2.24) is 29.7 Å². The lowest BCUT2D eigenvalue weighted by atomic mass is 9.99. The predicted molar refractivity (Wildman–Crippen MR) is 174 cm³/mol. The zero-order valence-electron chi connectivity index (χ0n) is 25.8. The molecule has 4 bridgehead atoms. The van der Waals surface area contributed by atoms with Crippen molar-refractivity contribution in [3.63, 3.8) is 0 Å². The molecular formula is C36H34N6O4. The lowest BCUT2D eigenvalue weighted by molar-refractivity contribution is -0.131. The van der Waals surface area contributed by atoms with Gasteiger partial charge in [-0.15, -0.1) is 0 Å². The quantitative estimate of drug-likeness (QED) is 0.164. The molecule has 4 aromatic rings. The van der Waals surface area contributed by atoms with Crippen LogP contribution in [0.3, 0.4) is 0 Å². The standard InChI is InChI=1S/C36H34N6O4/c1-41-23-3-4-24(41)14-21(13-23)33-19-37-31-17-27(7-9-29(31)39-33)45-35(43)11-12-36(44)46-28-8-10-30-32(18-28)38-20-34(40-30)22-15-25-5-6-26(16-22)42(25)2/h7-13,15,17-20,23-26H,3-6,14,16H2,1-2H3/b12-11-. The smallest absolute Gasteiger partial charge is 0.336 e. The van der Waals surface area contributed by atoms with Gasteiger partial charge in [-0.05, 0) is 88.0 Å². The Kier molecular flexibility index (Phi) is 7.18. The summed E-state index contributed by atoms with van der Waals surface area (Å²) in [5.74, 6) is -0.793. The Balaban J connectivity index is 0.886. The predicted octanol–water partition coefficient (Wildman–Crippen LogP) is 5.14. The molecule has 8 rings (SSSR count). The minimum absolute atomic E-state index is 0.310. The van der Waals surface area contributed by atoms with E-state index >= 15 is 0 Å². The number of hydrogen-bond donors (Lipinski definition) is 0. The first kappa shape index (κ1) is 28.7. The number of esters is 2. The minimum atomic E-state index is -0.707. The van der Waals surface area contributed by atoms with Gasteiger partial charge in [-0.25, -0.2) is 19.6 Å². The van der Waals surface area contributed by atoms with Crippen LogP contribution in [0.1, 0.15) is 49.9 Å². The van der Waals surface area contributed by atoms with E-state index in [1.165, 1.54) is 36.8 Å². The average molecular weight is 615 g/mol. The van der Waals surface area contributed by atoms with Crippen LogP contribution in [-0.2, 0) is 9.59 Å². The number of nitrogens with zero attached hydrogens (tertiary/aromatic N) is 6. The summed E-state index contributed by atoms with van der Waals surface area (Å²) in [6.07, 6.45) is 17.0. The number of likely N-dealkylation sites (N-methyl/N-ethyl adjacent to an activating group) is 2. The molecule has 0 aliphatic carbocycles. The molecule has 4 aliphatic heterocycles. The molecule has 2 aromatic heterocycles. The van der Waals surface area contributed by atoms with Gasteiger partial charge < -0.3 is 9.47 Å². The van der Waals surface area contributed by atoms with Crippen molar-refractivity contribution in [2.45, 2.75) is 62.7 Å². The van der Waals surface area contributed by atoms with Crippen LogP contribution in [0.4, 0.5) is 0 Å². The maximum atomic E-state index is 12.5. The second kappa shape index (κ2) is 11.5. The molecule has 0 N–H and O–H groups in total. The summed E-state index contributed by atoms with van der Waals surface area (Å²) in [4.78, 5) is 48.6. The van der Waals surface area contributed by atoms with Gasteiger partial charge in [-0.1, -0.05) is 12.2 Å². The molecule has 0 spiro atoms. The Hall–Kier alpha value is -4.80. The third-order valence-corrected chi connectivity index (χ3v) is 9.97. The first-order valence-corrected chi connectivity index (χ1v) is 15.9. The van der Waals surface area contributed by atoms with E-state index in [0.29, 0.717) is 46.7 Å². The van der Waals surface area contributed by atoms with Crippen LogP contribution in [-0.4, -0.2) is 79.9 Å². The number of fused-ring (bicyclic) bond motifs is 6. The van der Waals surface area contributed by atoms with Crippen LogP contribution in [0, 0.1) is 0 Å². The van der Waals surface area contributed by atoms with E-state index in [1.807, 2.05) is 0 Å². The lowest BCUT2D eigenvalue weighted by Gasteiger charge is -2.30. The molecule has 2 saturated heterocycles. The maximum absolute atomic E-state index is 12.5. The second-order valence-corrected chi connectivity index (χ2v) is 12.7. The summed E-state index contributed by atoms with van der Waals surface area (Å²) in [6, 6.07) is 12.3. The zero-order chi connectivity index (χ0) is 31.4. The van der Waals surface area contributed by atoms with Crippen molar-refractivity contribution >= 4 is 45.2 Å². The fourth-order valence-corrected chi connectivity index (χ4v) is 7.32. The third kappa shape index (κ3) is 5.48. The minimum Gasteiger partial charge on any atom is -0.423 e. The largest absolute Gasteiger partial charge is 0.423 e. The third-order valence-electron chi connectivity index (χ3n) is 9.97. The first-order valence-electron chi connectivity index (χ1n) is 15.9. The Labute approximate surface area is 266 Å². The van der Waals surface area contributed by atoms with Crippen molar-refractivity contribution in [2.24, 2.45) is 0 Å². The summed E-state index contributed by atoms with van der Waals surface area (Å²) in [7, 11) is 4.38. The molecule has 4 atom stereocenters. The van der Waals surface area contributed by atoms with Gasteiger partial charge >= 0.3 is 11.9 Å². The van der Waals surface area contributed by atoms with Crippen molar-refractivity contribution in [1.29, 1.82) is 0 Å². The van der Waals surface area contributed by atoms with Crippen molar-refractivity contribution in [3.8, 4) is 11.5 Å². The van der Waals surface area contributed by atoms with Gasteiger partial charge in [0.05, 0.1) is 45.8 Å². The molecule has 6 heterocycles. The van der Waals surface area contributed by atoms with Gasteiger partial charge in [0, 0.05) is 48.5 Å². The van der Waals surface area contributed by atoms with Gasteiger partial charge in [0.25, 0.3) is 0 Å². The highest BCUT2D eigenvalue weighted by molar-refractivity contribution is 5.94. The van der Waals surface area contributed by atoms with Gasteiger partial charge in [-0.3, -0.25) is 19.8 Å². The zero-order valence-corrected chi connectivity index (χ0v) is 25.8. The molecule has 2 aromatic carbocycles. The van der Waals surface area contributed by atoms with E-state index in [4.69, 9.17) is 19.4 Å². The van der Waals surface area contributed by atoms with Crippen molar-refractivity contribution < 1.29 is 19.1 Å². The van der Waals surface area contributed by atoms with E-state index in [1.54, 1.807) is 48.8 Å². The molecule has 0 saturated carbocycles. The van der Waals surface area contributed by atoms with Gasteiger partial charge in [-0.2, -0.15) is 0 Å². The van der Waals surface area contributed by atoms with Crippen molar-refractivity contribution in [2.75, 3.05) is 14.1 Å². The molecular weight excluding hydrogens is 580 g/mol. The number of benzene rings is 2. The van der Waals surface area contributed by atoms with Gasteiger partial charge in [0.2, 0.25) is 0 Å². The second-order valence-electron chi connectivity index (χ2n) is 12.7. The Morgan fingerprint density at radius 3 is 1.57 bits per heavy atom. The summed E-state index contributed by atoms with van der Waals surface area (Å²) in [6.45, 7) is 0. The van der Waals surface area contributed by atoms with Crippen LogP contribution in [0.15, 0.2) is 73.1 Å². The number of hydrogen-bond acceptors (Lipinski definition) is 10. The van der Waals surface area contributed by atoms with Crippen LogP contribution in [0.25, 0.3) is 33.2 Å². The SMILES string of the molecule is CN1C2C=C(c3cnc4cc(OC(=O)/C=C\C(=O)Oc5ccc6nc(C7=CC8CCC(C7)N8C)cnc6c5)ccc4n3)CC1CC2. The number of aromatic nitrogens is 4. The summed E-state index contributed by atoms with van der Waals surface area (Å²) < 4.78 is 10.8. The topological polar surface area (TPSA) is 111 Å². The summed E-state index contributed by atoms with van der Waals surface area (Å²) in [5.41, 5.74) is 6.96. The molecule has 2 fully saturated rings. The molecule has 232 valence electrons. The number of carbonyl (C=O) groups excluding carboxylic acids is 2. The highest BCUT2D eigenvalue weighted by Crippen LogP contribution is 2.38. The molecule has 4 unspecified atom stereocenters. The van der Waals surface area contributed by atoms with Crippen molar-refractivity contribution in [3.05, 3.63) is 84.5 Å². The monoisotopic (exact) mass is 614 g/mol. The molecule has 10 heteroatoms. The van der Waals surface area contributed by atoms with Gasteiger partial charge in [0.15, 0.2) is 0 Å². The fraction of sp³-hybridized carbons (Fsp3) is 0.333. The fourth-order valence-electron chi connectivity index (χ4n) is 7.32. The van der Waals surface area contributed by atoms with Gasteiger partial charge in [0.1, 0.15) is 11.5 Å². The number of ether oxygens (including phenoxy) is 2. The summed E-state index contributed by atoms with van der Waals surface area (Å²) >= 11 is 0. The van der Waals surface area contributed by atoms with Crippen LogP contribution >= 0.6 is 0 Å². The maximum Gasteiger partial charge on any atom is 0.336 e.